The van der Waals surface area contributed by atoms with Crippen molar-refractivity contribution in [3.8, 4) is 0 Å². The number of nitrogens with one attached hydrogen (secondary N) is 1. The molecular weight excluding hydrogens is 118 g/mol. The summed E-state index contributed by atoms with van der Waals surface area (Å²) in [5, 5.41) is 10.9. The Morgan fingerprint density at radius 1 is 1.78 bits per heavy atom. The monoisotopic (exact) mass is 129 g/mol. The van der Waals surface area contributed by atoms with Crippen LogP contribution in [0, 0.1) is 0 Å². The molecule has 0 unspecified atom stereocenters. The predicted molar refractivity (Wildman–Crippen MR) is 35.1 cm³/mol. The Labute approximate surface area is 54.4 Å². The van der Waals surface area contributed by atoms with Gasteiger partial charge >= 0.3 is 5.97 Å². The van der Waals surface area contributed by atoms with Gasteiger partial charge in [-0.1, -0.05) is 13.5 Å². The van der Waals surface area contributed by atoms with Crippen molar-refractivity contribution >= 4 is 5.97 Å². The summed E-state index contributed by atoms with van der Waals surface area (Å²) in [5.74, 6) is -0.983. The number of carboxylic acid groups (broad SMARTS) is 1. The van der Waals surface area contributed by atoms with Gasteiger partial charge in [0.15, 0.2) is 0 Å². The van der Waals surface area contributed by atoms with E-state index in [1.807, 2.05) is 6.92 Å². The second kappa shape index (κ2) is 3.95. The third-order valence-corrected chi connectivity index (χ3v) is 0.847. The van der Waals surface area contributed by atoms with E-state index >= 15 is 0 Å². The fraction of sp³-hybridized carbons (Fsp3) is 0.500. The third kappa shape index (κ3) is 3.58. The number of carboxylic acids is 1. The largest absolute Gasteiger partial charge is 0.477 e. The summed E-state index contributed by atoms with van der Waals surface area (Å²) >= 11 is 0. The minimum Gasteiger partial charge on any atom is -0.477 e. The van der Waals surface area contributed by atoms with Gasteiger partial charge in [0, 0.05) is 6.54 Å². The van der Waals surface area contributed by atoms with Crippen molar-refractivity contribution in [1.29, 1.82) is 0 Å². The highest BCUT2D eigenvalue weighted by Crippen LogP contribution is 1.82. The summed E-state index contributed by atoms with van der Waals surface area (Å²) in [6, 6.07) is 0. The fourth-order valence-electron chi connectivity index (χ4n) is 0.352. The molecule has 52 valence electrons. The normalized spacial score (nSPS) is 8.56. The molecule has 3 nitrogen and oxygen atoms in total. The van der Waals surface area contributed by atoms with Crippen molar-refractivity contribution in [3.05, 3.63) is 12.3 Å². The number of rotatable bonds is 4. The molecular formula is C6H11NO2. The lowest BCUT2D eigenvalue weighted by atomic mass is 10.4. The second-order valence-corrected chi connectivity index (χ2v) is 1.71. The van der Waals surface area contributed by atoms with E-state index in [0.717, 1.165) is 6.42 Å². The van der Waals surface area contributed by atoms with E-state index in [9.17, 15) is 4.79 Å². The molecule has 0 aromatic carbocycles. The molecule has 0 fully saturated rings. The molecule has 0 aromatic rings. The molecule has 0 saturated heterocycles. The maximum absolute atomic E-state index is 10.0. The highest BCUT2D eigenvalue weighted by atomic mass is 16.4. The lowest BCUT2D eigenvalue weighted by Gasteiger charge is -2.00. The third-order valence-electron chi connectivity index (χ3n) is 0.847. The van der Waals surface area contributed by atoms with Gasteiger partial charge in [-0.25, -0.2) is 4.79 Å². The molecule has 2 N–H and O–H groups in total. The quantitative estimate of drug-likeness (QED) is 0.546. The zero-order valence-electron chi connectivity index (χ0n) is 5.48. The van der Waals surface area contributed by atoms with Crippen LogP contribution in [-0.4, -0.2) is 17.6 Å². The van der Waals surface area contributed by atoms with Crippen LogP contribution in [0.5, 0.6) is 0 Å². The molecule has 0 aliphatic carbocycles. The van der Waals surface area contributed by atoms with Crippen LogP contribution in [0.4, 0.5) is 0 Å². The molecule has 0 aliphatic heterocycles. The first kappa shape index (κ1) is 8.01. The van der Waals surface area contributed by atoms with Gasteiger partial charge in [-0.2, -0.15) is 0 Å². The number of hydrogen-bond donors (Lipinski definition) is 2. The van der Waals surface area contributed by atoms with Gasteiger partial charge in [0.05, 0.1) is 0 Å². The molecule has 0 bridgehead atoms. The SMILES string of the molecule is C=C(NCCC)C(=O)O. The van der Waals surface area contributed by atoms with Crippen molar-refractivity contribution in [2.75, 3.05) is 6.54 Å². The lowest BCUT2D eigenvalue weighted by molar-refractivity contribution is -0.133. The number of carbonyl (C=O) groups is 1. The zero-order valence-corrected chi connectivity index (χ0v) is 5.48. The van der Waals surface area contributed by atoms with Crippen molar-refractivity contribution in [2.45, 2.75) is 13.3 Å². The maximum atomic E-state index is 10.0. The van der Waals surface area contributed by atoms with Gasteiger partial charge in [0.1, 0.15) is 5.70 Å². The Morgan fingerprint density at radius 3 is 2.67 bits per heavy atom. The van der Waals surface area contributed by atoms with E-state index in [-0.39, 0.29) is 5.70 Å². The highest BCUT2D eigenvalue weighted by molar-refractivity contribution is 5.84. The van der Waals surface area contributed by atoms with Crippen LogP contribution in [0.25, 0.3) is 0 Å². The van der Waals surface area contributed by atoms with E-state index in [0.29, 0.717) is 6.54 Å². The van der Waals surface area contributed by atoms with E-state index < -0.39 is 5.97 Å². The van der Waals surface area contributed by atoms with Gasteiger partial charge in [0.2, 0.25) is 0 Å². The summed E-state index contributed by atoms with van der Waals surface area (Å²) in [6.45, 7) is 5.91. The van der Waals surface area contributed by atoms with E-state index in [2.05, 4.69) is 11.9 Å². The molecule has 0 radical (unpaired) electrons. The van der Waals surface area contributed by atoms with Crippen LogP contribution in [0.15, 0.2) is 12.3 Å². The van der Waals surface area contributed by atoms with E-state index in [1.165, 1.54) is 0 Å². The summed E-state index contributed by atoms with van der Waals surface area (Å²) in [5.41, 5.74) is 0.0665. The minimum absolute atomic E-state index is 0.0665. The van der Waals surface area contributed by atoms with Gasteiger partial charge in [-0.3, -0.25) is 0 Å². The molecule has 0 spiro atoms. The highest BCUT2D eigenvalue weighted by Gasteiger charge is 1.99. The molecule has 9 heavy (non-hydrogen) atoms. The standard InChI is InChI=1S/C6H11NO2/c1-3-4-7-5(2)6(8)9/h7H,2-4H2,1H3,(H,8,9). The van der Waals surface area contributed by atoms with Gasteiger partial charge in [-0.15, -0.1) is 0 Å². The van der Waals surface area contributed by atoms with Crippen molar-refractivity contribution < 1.29 is 9.90 Å². The van der Waals surface area contributed by atoms with E-state index in [4.69, 9.17) is 5.11 Å². The Hall–Kier alpha value is -0.990. The first-order valence-electron chi connectivity index (χ1n) is 2.84. The van der Waals surface area contributed by atoms with Crippen molar-refractivity contribution in [3.63, 3.8) is 0 Å². The Balaban J connectivity index is 3.39. The maximum Gasteiger partial charge on any atom is 0.351 e. The molecule has 0 atom stereocenters. The van der Waals surface area contributed by atoms with Crippen LogP contribution in [0.2, 0.25) is 0 Å². The number of hydrogen-bond acceptors (Lipinski definition) is 2. The Morgan fingerprint density at radius 2 is 2.33 bits per heavy atom. The average molecular weight is 129 g/mol. The predicted octanol–water partition coefficient (Wildman–Crippen LogP) is 0.584. The summed E-state index contributed by atoms with van der Waals surface area (Å²) < 4.78 is 0. The molecule has 0 aromatic heterocycles. The van der Waals surface area contributed by atoms with Crippen LogP contribution in [-0.2, 0) is 4.79 Å². The lowest BCUT2D eigenvalue weighted by Crippen LogP contribution is -2.19. The first-order chi connectivity index (χ1) is 4.18. The molecule has 3 heteroatoms. The second-order valence-electron chi connectivity index (χ2n) is 1.71. The van der Waals surface area contributed by atoms with E-state index in [1.54, 1.807) is 0 Å². The number of aliphatic carboxylic acids is 1. The first-order valence-corrected chi connectivity index (χ1v) is 2.84. The van der Waals surface area contributed by atoms with Crippen LogP contribution < -0.4 is 5.32 Å². The summed E-state index contributed by atoms with van der Waals surface area (Å²) in [4.78, 5) is 10.0. The van der Waals surface area contributed by atoms with Crippen molar-refractivity contribution in [2.24, 2.45) is 0 Å². The smallest absolute Gasteiger partial charge is 0.351 e. The molecule has 0 aliphatic rings. The van der Waals surface area contributed by atoms with Gasteiger partial charge in [0.25, 0.3) is 0 Å². The summed E-state index contributed by atoms with van der Waals surface area (Å²) in [6.07, 6.45) is 0.909. The van der Waals surface area contributed by atoms with Crippen LogP contribution in [0.3, 0.4) is 0 Å². The molecule has 0 saturated carbocycles. The molecule has 0 amide bonds. The minimum atomic E-state index is -0.983. The van der Waals surface area contributed by atoms with Crippen LogP contribution in [0.1, 0.15) is 13.3 Å². The molecule has 0 heterocycles. The average Bonchev–Trinajstić information content (AvgIpc) is 1.82. The fourth-order valence-corrected chi connectivity index (χ4v) is 0.352. The summed E-state index contributed by atoms with van der Waals surface area (Å²) in [7, 11) is 0. The van der Waals surface area contributed by atoms with Crippen LogP contribution >= 0.6 is 0 Å². The zero-order chi connectivity index (χ0) is 7.28. The van der Waals surface area contributed by atoms with Gasteiger partial charge in [-0.05, 0) is 6.42 Å². The van der Waals surface area contributed by atoms with Crippen molar-refractivity contribution in [1.82, 2.24) is 5.32 Å². The topological polar surface area (TPSA) is 49.3 Å². The Kier molecular flexibility index (Phi) is 3.51. The Bertz CT molecular complexity index is 120. The van der Waals surface area contributed by atoms with Gasteiger partial charge < -0.3 is 10.4 Å². The molecule has 0 rings (SSSR count).